The van der Waals surface area contributed by atoms with E-state index in [1.807, 2.05) is 90.7 Å². The van der Waals surface area contributed by atoms with Crippen LogP contribution < -0.4 is 0 Å². The van der Waals surface area contributed by atoms with Gasteiger partial charge in [-0.1, -0.05) is 239 Å². The van der Waals surface area contributed by atoms with Crippen molar-refractivity contribution in [2.75, 3.05) is 0 Å². The predicted molar refractivity (Wildman–Crippen MR) is 498 cm³/mol. The highest BCUT2D eigenvalue weighted by molar-refractivity contribution is 7.42. The van der Waals surface area contributed by atoms with E-state index in [0.29, 0.717) is 0 Å². The molecule has 0 saturated carbocycles. The van der Waals surface area contributed by atoms with Gasteiger partial charge < -0.3 is 18.3 Å². The zero-order valence-electron chi connectivity index (χ0n) is 62.5. The molecular formula is C100H68N4S8. The second-order valence-corrected chi connectivity index (χ2v) is 38.8. The van der Waals surface area contributed by atoms with Crippen molar-refractivity contribution in [2.24, 2.45) is 0 Å². The molecule has 0 N–H and O–H groups in total. The number of rotatable bonds is 8. The van der Waals surface area contributed by atoms with E-state index in [0.717, 1.165) is 0 Å². The lowest BCUT2D eigenvalue weighted by Crippen LogP contribution is -1.94. The fourth-order valence-electron chi connectivity index (χ4n) is 17.0. The van der Waals surface area contributed by atoms with Gasteiger partial charge in [0.2, 0.25) is 0 Å². The molecule has 12 heterocycles. The Morgan fingerprint density at radius 1 is 0.152 bits per heavy atom. The van der Waals surface area contributed by atoms with Crippen LogP contribution in [0.15, 0.2) is 267 Å². The van der Waals surface area contributed by atoms with Gasteiger partial charge in [-0.05, 0) is 173 Å². The van der Waals surface area contributed by atoms with Gasteiger partial charge in [0.05, 0.1) is 101 Å². The number of hydrogen-bond donors (Lipinski definition) is 0. The standard InChI is InChI=1S/2C50H34N2S4/c2*1-27-5-13-31(14-6-27)33-17-23-37-39(25-33)53-45-41(37)51(35-19-9-29(3)10-20-35)43-47(45)55-50-44-48(56-49(43)50)46-42(52(44)36-21-11-30(4)12-22-36)38-24-18-34(26-40(38)54-46)32-15-7-28(2)8-16-32/h2*5-26H,1-4H3. The van der Waals surface area contributed by atoms with Crippen LogP contribution in [0.3, 0.4) is 0 Å². The summed E-state index contributed by atoms with van der Waals surface area (Å²) in [4.78, 5) is 0. The van der Waals surface area contributed by atoms with E-state index < -0.39 is 0 Å². The molecule has 0 aliphatic carbocycles. The van der Waals surface area contributed by atoms with Crippen molar-refractivity contribution in [1.29, 1.82) is 0 Å². The fourth-order valence-corrected chi connectivity index (χ4v) is 28.1. The van der Waals surface area contributed by atoms with Crippen molar-refractivity contribution < 1.29 is 0 Å². The third-order valence-corrected chi connectivity index (χ3v) is 33.2. The van der Waals surface area contributed by atoms with Gasteiger partial charge in [-0.15, -0.1) is 90.7 Å². The Labute approximate surface area is 677 Å². The van der Waals surface area contributed by atoms with Crippen LogP contribution >= 0.6 is 90.7 Å². The van der Waals surface area contributed by atoms with E-state index in [-0.39, 0.29) is 0 Å². The van der Waals surface area contributed by atoms with E-state index in [9.17, 15) is 0 Å². The number of benzene rings is 12. The molecule has 12 aromatic heterocycles. The van der Waals surface area contributed by atoms with Crippen LogP contribution in [0, 0.1) is 55.4 Å². The lowest BCUT2D eigenvalue weighted by atomic mass is 10.0. The van der Waals surface area contributed by atoms with Crippen molar-refractivity contribution in [1.82, 2.24) is 18.3 Å². The molecule has 112 heavy (non-hydrogen) atoms. The number of fused-ring (bicyclic) bond motifs is 26. The largest absolute Gasteiger partial charge is 0.305 e. The minimum atomic E-state index is 1.22. The summed E-state index contributed by atoms with van der Waals surface area (Å²) in [7, 11) is 0. The maximum Gasteiger partial charge on any atom is 0.0838 e. The molecule has 24 aromatic rings. The highest BCUT2D eigenvalue weighted by Crippen LogP contribution is 2.59. The molecule has 0 radical (unpaired) electrons. The van der Waals surface area contributed by atoms with Crippen LogP contribution in [0.1, 0.15) is 44.5 Å². The number of thiophene rings is 8. The van der Waals surface area contributed by atoms with Gasteiger partial charge in [0.1, 0.15) is 0 Å². The van der Waals surface area contributed by atoms with Crippen molar-refractivity contribution in [2.45, 2.75) is 55.4 Å². The minimum Gasteiger partial charge on any atom is -0.305 e. The van der Waals surface area contributed by atoms with Gasteiger partial charge in [-0.3, -0.25) is 0 Å². The SMILES string of the molecule is Cc1ccc(-c2ccc3c(c2)sc2c4sc5c(sc6c7sc8cc(-c9ccc(C)cc9)ccc8c7n(-c7ccc(C)cc7)c65)c4n(-c4ccc(C)cc4)c32)cc1.Cc1ccc(-c2ccc3c(c2)sc2c4sc5c(sc6c7sc8cc(-c9ccc(C)cc9)ccc8c7n(-c7ccc(C)cc7)c65)c4n(-c4ccc(C)cc4)c32)cc1. The molecule has 0 fully saturated rings. The molecule has 536 valence electrons. The highest BCUT2D eigenvalue weighted by Gasteiger charge is 2.32. The van der Waals surface area contributed by atoms with Gasteiger partial charge in [0, 0.05) is 63.1 Å². The number of aryl methyl sites for hydroxylation is 8. The molecule has 0 unspecified atom stereocenters. The van der Waals surface area contributed by atoms with E-state index in [1.165, 1.54) is 253 Å². The summed E-state index contributed by atoms with van der Waals surface area (Å²) in [6.07, 6.45) is 0. The Hall–Kier alpha value is -11.0. The first-order valence-corrected chi connectivity index (χ1v) is 44.5. The second kappa shape index (κ2) is 25.3. The lowest BCUT2D eigenvalue weighted by Gasteiger charge is -2.09. The van der Waals surface area contributed by atoms with Crippen LogP contribution in [0.2, 0.25) is 0 Å². The number of hydrogen-bond acceptors (Lipinski definition) is 8. The molecule has 0 saturated heterocycles. The van der Waals surface area contributed by atoms with E-state index in [1.54, 1.807) is 0 Å². The number of nitrogens with zero attached hydrogens (tertiary/aromatic N) is 4. The topological polar surface area (TPSA) is 19.7 Å². The van der Waals surface area contributed by atoms with Crippen LogP contribution in [0.4, 0.5) is 0 Å². The summed E-state index contributed by atoms with van der Waals surface area (Å²) >= 11 is 15.7. The normalized spacial score (nSPS) is 12.3. The molecule has 0 amide bonds. The molecule has 0 aliphatic heterocycles. The first kappa shape index (κ1) is 66.8. The molecule has 24 rings (SSSR count). The third-order valence-electron chi connectivity index (χ3n) is 22.9. The average molecular weight is 1580 g/mol. The summed E-state index contributed by atoms with van der Waals surface area (Å²) in [6.45, 7) is 17.3. The van der Waals surface area contributed by atoms with Crippen molar-refractivity contribution >= 4 is 232 Å². The molecule has 12 aromatic carbocycles. The van der Waals surface area contributed by atoms with Crippen LogP contribution in [-0.2, 0) is 0 Å². The van der Waals surface area contributed by atoms with E-state index in [2.05, 4.69) is 341 Å². The maximum absolute atomic E-state index is 2.58. The third kappa shape index (κ3) is 10.2. The molecule has 4 nitrogen and oxygen atoms in total. The fraction of sp³-hybridized carbons (Fsp3) is 0.0800. The Morgan fingerprint density at radius 3 is 0.482 bits per heavy atom. The first-order valence-electron chi connectivity index (χ1n) is 38.0. The van der Waals surface area contributed by atoms with Gasteiger partial charge >= 0.3 is 0 Å². The summed E-state index contributed by atoms with van der Waals surface area (Å²) < 4.78 is 32.2. The molecular weight excluding hydrogens is 1510 g/mol. The summed E-state index contributed by atoms with van der Waals surface area (Å²) in [6, 6.07) is 100. The monoisotopic (exact) mass is 1580 g/mol. The van der Waals surface area contributed by atoms with Gasteiger partial charge in [-0.25, -0.2) is 0 Å². The Balaban J connectivity index is 0.000000134. The zero-order valence-corrected chi connectivity index (χ0v) is 69.0. The van der Waals surface area contributed by atoms with Gasteiger partial charge in [0.25, 0.3) is 0 Å². The molecule has 0 aliphatic rings. The van der Waals surface area contributed by atoms with Crippen LogP contribution in [0.25, 0.3) is 208 Å². The van der Waals surface area contributed by atoms with Crippen molar-refractivity contribution in [3.8, 4) is 67.3 Å². The van der Waals surface area contributed by atoms with Gasteiger partial charge in [0.15, 0.2) is 0 Å². The van der Waals surface area contributed by atoms with Crippen LogP contribution in [0.5, 0.6) is 0 Å². The maximum atomic E-state index is 2.58. The second-order valence-electron chi connectivity index (χ2n) is 30.5. The smallest absolute Gasteiger partial charge is 0.0838 e. The minimum absolute atomic E-state index is 1.22. The van der Waals surface area contributed by atoms with Crippen LogP contribution in [-0.4, -0.2) is 18.3 Å². The Morgan fingerprint density at radius 2 is 0.304 bits per heavy atom. The molecule has 0 bridgehead atoms. The lowest BCUT2D eigenvalue weighted by molar-refractivity contribution is 1.19. The number of aromatic nitrogens is 4. The molecule has 0 atom stereocenters. The quantitative estimate of drug-likeness (QED) is 0.144. The van der Waals surface area contributed by atoms with Gasteiger partial charge in [-0.2, -0.15) is 0 Å². The predicted octanol–water partition coefficient (Wildman–Crippen LogP) is 32.3. The summed E-state index contributed by atoms with van der Waals surface area (Å²) in [5.74, 6) is 0. The highest BCUT2D eigenvalue weighted by atomic mass is 32.1. The zero-order chi connectivity index (χ0) is 74.8. The average Bonchev–Trinajstić information content (AvgIpc) is 1.52. The molecule has 0 spiro atoms. The van der Waals surface area contributed by atoms with E-state index in [4.69, 9.17) is 0 Å². The summed E-state index contributed by atoms with van der Waals surface area (Å²) in [5.41, 5.74) is 35.8. The molecule has 12 heteroatoms. The Bertz CT molecular complexity index is 7050. The Kier molecular flexibility index (Phi) is 15.1. The summed E-state index contributed by atoms with van der Waals surface area (Å²) in [5, 5.41) is 5.28. The first-order chi connectivity index (χ1) is 54.7. The van der Waals surface area contributed by atoms with E-state index >= 15 is 0 Å². The van der Waals surface area contributed by atoms with Crippen molar-refractivity contribution in [3.63, 3.8) is 0 Å². The van der Waals surface area contributed by atoms with Crippen molar-refractivity contribution in [3.05, 3.63) is 311 Å².